The number of anilines is 1. The largest absolute Gasteiger partial charge is 0.379 e. The molecule has 0 N–H and O–H groups in total. The van der Waals surface area contributed by atoms with Crippen LogP contribution in [-0.4, -0.2) is 61.2 Å². The Hall–Kier alpha value is -2.95. The molecule has 2 aliphatic heterocycles. The Morgan fingerprint density at radius 3 is 2.75 bits per heavy atom. The second-order valence-corrected chi connectivity index (χ2v) is 7.47. The molecular formula is C21H21N5O2. The second-order valence-electron chi connectivity index (χ2n) is 7.47. The lowest BCUT2D eigenvalue weighted by Crippen LogP contribution is -2.53. The molecule has 0 saturated carbocycles. The number of rotatable bonds is 4. The third kappa shape index (κ3) is 3.11. The molecule has 2 fully saturated rings. The fourth-order valence-corrected chi connectivity index (χ4v) is 4.13. The Morgan fingerprint density at radius 2 is 1.93 bits per heavy atom. The van der Waals surface area contributed by atoms with E-state index in [2.05, 4.69) is 32.2 Å². The predicted octanol–water partition coefficient (Wildman–Crippen LogP) is 2.53. The van der Waals surface area contributed by atoms with E-state index in [0.717, 1.165) is 73.8 Å². The zero-order chi connectivity index (χ0) is 18.9. The first kappa shape index (κ1) is 17.2. The van der Waals surface area contributed by atoms with E-state index in [-0.39, 0.29) is 0 Å². The van der Waals surface area contributed by atoms with Crippen LogP contribution >= 0.6 is 0 Å². The molecule has 1 aromatic heterocycles. The van der Waals surface area contributed by atoms with Crippen molar-refractivity contribution in [2.24, 2.45) is 5.92 Å². The number of morpholine rings is 1. The van der Waals surface area contributed by atoms with Crippen LogP contribution in [0.2, 0.25) is 0 Å². The van der Waals surface area contributed by atoms with Crippen molar-refractivity contribution in [3.8, 4) is 17.2 Å². The molecule has 0 radical (unpaired) electrons. The molecule has 142 valence electrons. The summed E-state index contributed by atoms with van der Waals surface area (Å²) < 4.78 is 10.4. The number of nitrogens with zero attached hydrogens (tertiary/aromatic N) is 5. The van der Waals surface area contributed by atoms with E-state index in [0.29, 0.717) is 11.5 Å². The van der Waals surface area contributed by atoms with Crippen LogP contribution in [0.4, 0.5) is 5.69 Å². The summed E-state index contributed by atoms with van der Waals surface area (Å²) in [6.07, 6.45) is 0. The highest BCUT2D eigenvalue weighted by Crippen LogP contribution is 2.36. The van der Waals surface area contributed by atoms with Crippen molar-refractivity contribution in [1.82, 2.24) is 15.2 Å². The highest BCUT2D eigenvalue weighted by atomic mass is 16.6. The van der Waals surface area contributed by atoms with Gasteiger partial charge in [-0.1, -0.05) is 18.2 Å². The smallest absolute Gasteiger partial charge is 0.158 e. The standard InChI is InChI=1S/C21H21N5O2/c22-11-16-3-1-2-4-18(16)17-9-19-21(24-28-23-19)20(10-17)26-13-15(14-26)12-25-5-7-27-8-6-25/h1-4,9-10,15H,5-8,12-14H2. The maximum absolute atomic E-state index is 9.46. The molecule has 0 spiro atoms. The van der Waals surface area contributed by atoms with Gasteiger partial charge >= 0.3 is 0 Å². The zero-order valence-corrected chi connectivity index (χ0v) is 15.5. The van der Waals surface area contributed by atoms with Crippen molar-refractivity contribution >= 4 is 16.7 Å². The number of benzene rings is 2. The number of ether oxygens (including phenoxy) is 1. The van der Waals surface area contributed by atoms with E-state index in [1.165, 1.54) is 0 Å². The number of fused-ring (bicyclic) bond motifs is 1. The molecular weight excluding hydrogens is 354 g/mol. The van der Waals surface area contributed by atoms with E-state index in [9.17, 15) is 5.26 Å². The van der Waals surface area contributed by atoms with Gasteiger partial charge in [0.25, 0.3) is 0 Å². The van der Waals surface area contributed by atoms with Crippen LogP contribution in [0.25, 0.3) is 22.2 Å². The minimum atomic E-state index is 0.642. The van der Waals surface area contributed by atoms with Gasteiger partial charge in [0.2, 0.25) is 0 Å². The molecule has 2 saturated heterocycles. The van der Waals surface area contributed by atoms with Crippen molar-refractivity contribution in [1.29, 1.82) is 5.26 Å². The lowest BCUT2D eigenvalue weighted by Gasteiger charge is -2.43. The fraction of sp³-hybridized carbons (Fsp3) is 0.381. The van der Waals surface area contributed by atoms with E-state index in [1.807, 2.05) is 30.3 Å². The van der Waals surface area contributed by atoms with Gasteiger partial charge in [-0.2, -0.15) is 5.26 Å². The maximum Gasteiger partial charge on any atom is 0.158 e. The lowest BCUT2D eigenvalue weighted by molar-refractivity contribution is 0.0286. The Kier molecular flexibility index (Phi) is 4.43. The quantitative estimate of drug-likeness (QED) is 0.693. The topological polar surface area (TPSA) is 78.4 Å². The summed E-state index contributed by atoms with van der Waals surface area (Å²) in [6, 6.07) is 14.0. The van der Waals surface area contributed by atoms with Gasteiger partial charge in [0, 0.05) is 38.6 Å². The van der Waals surface area contributed by atoms with Crippen molar-refractivity contribution in [2.75, 3.05) is 50.8 Å². The normalized spacial score (nSPS) is 18.2. The monoisotopic (exact) mass is 375 g/mol. The summed E-state index contributed by atoms with van der Waals surface area (Å²) in [4.78, 5) is 4.81. The molecule has 2 aliphatic rings. The van der Waals surface area contributed by atoms with E-state index in [1.54, 1.807) is 0 Å². The molecule has 7 nitrogen and oxygen atoms in total. The van der Waals surface area contributed by atoms with Crippen LogP contribution in [0.5, 0.6) is 0 Å². The van der Waals surface area contributed by atoms with Crippen LogP contribution in [0.3, 0.4) is 0 Å². The number of hydrogen-bond acceptors (Lipinski definition) is 7. The number of nitriles is 1. The first-order chi connectivity index (χ1) is 13.8. The Balaban J connectivity index is 1.41. The van der Waals surface area contributed by atoms with Crippen LogP contribution in [-0.2, 0) is 4.74 Å². The van der Waals surface area contributed by atoms with Crippen molar-refractivity contribution < 1.29 is 9.37 Å². The summed E-state index contributed by atoms with van der Waals surface area (Å²) in [6.45, 7) is 6.80. The van der Waals surface area contributed by atoms with Crippen molar-refractivity contribution in [3.05, 3.63) is 42.0 Å². The van der Waals surface area contributed by atoms with E-state index < -0.39 is 0 Å². The third-order valence-corrected chi connectivity index (χ3v) is 5.62. The van der Waals surface area contributed by atoms with E-state index in [4.69, 9.17) is 9.37 Å². The van der Waals surface area contributed by atoms with Gasteiger partial charge in [-0.05, 0) is 39.6 Å². The summed E-state index contributed by atoms with van der Waals surface area (Å²) >= 11 is 0. The van der Waals surface area contributed by atoms with Crippen LogP contribution in [0.1, 0.15) is 5.56 Å². The van der Waals surface area contributed by atoms with Crippen molar-refractivity contribution in [2.45, 2.75) is 0 Å². The molecule has 5 rings (SSSR count). The first-order valence-electron chi connectivity index (χ1n) is 9.62. The molecule has 3 heterocycles. The first-order valence-corrected chi connectivity index (χ1v) is 9.62. The Morgan fingerprint density at radius 1 is 1.11 bits per heavy atom. The molecule has 0 aliphatic carbocycles. The molecule has 0 atom stereocenters. The highest BCUT2D eigenvalue weighted by molar-refractivity contribution is 5.93. The number of aromatic nitrogens is 2. The average molecular weight is 375 g/mol. The Bertz CT molecular complexity index is 1030. The van der Waals surface area contributed by atoms with Gasteiger partial charge in [0.15, 0.2) is 5.52 Å². The summed E-state index contributed by atoms with van der Waals surface area (Å²) in [7, 11) is 0. The molecule has 0 bridgehead atoms. The van der Waals surface area contributed by atoms with E-state index >= 15 is 0 Å². The van der Waals surface area contributed by atoms with Gasteiger partial charge in [-0.25, -0.2) is 4.63 Å². The van der Waals surface area contributed by atoms with Crippen LogP contribution < -0.4 is 4.90 Å². The maximum atomic E-state index is 9.46. The van der Waals surface area contributed by atoms with Crippen LogP contribution in [0.15, 0.2) is 41.0 Å². The summed E-state index contributed by atoms with van der Waals surface area (Å²) in [5.41, 5.74) is 5.05. The average Bonchev–Trinajstić information content (AvgIpc) is 3.19. The van der Waals surface area contributed by atoms with Gasteiger partial charge < -0.3 is 9.64 Å². The van der Waals surface area contributed by atoms with Gasteiger partial charge in [-0.15, -0.1) is 0 Å². The van der Waals surface area contributed by atoms with Gasteiger partial charge in [-0.3, -0.25) is 4.90 Å². The molecule has 3 aromatic rings. The second kappa shape index (κ2) is 7.23. The van der Waals surface area contributed by atoms with Gasteiger partial charge in [0.05, 0.1) is 30.5 Å². The lowest BCUT2D eigenvalue weighted by atomic mass is 9.95. The predicted molar refractivity (Wildman–Crippen MR) is 105 cm³/mol. The minimum absolute atomic E-state index is 0.642. The fourth-order valence-electron chi connectivity index (χ4n) is 4.13. The molecule has 0 amide bonds. The van der Waals surface area contributed by atoms with Gasteiger partial charge in [0.1, 0.15) is 5.52 Å². The van der Waals surface area contributed by atoms with Crippen molar-refractivity contribution in [3.63, 3.8) is 0 Å². The molecule has 7 heteroatoms. The molecule has 28 heavy (non-hydrogen) atoms. The molecule has 2 aromatic carbocycles. The molecule has 0 unspecified atom stereocenters. The Labute approximate surface area is 163 Å². The summed E-state index contributed by atoms with van der Waals surface area (Å²) in [5.74, 6) is 0.642. The minimum Gasteiger partial charge on any atom is -0.379 e. The SMILES string of the molecule is N#Cc1ccccc1-c1cc(N2CC(CN3CCOCC3)C2)c2nonc2c1. The third-order valence-electron chi connectivity index (χ3n) is 5.62. The van der Waals surface area contributed by atoms with Crippen LogP contribution in [0, 0.1) is 17.2 Å². The number of hydrogen-bond donors (Lipinski definition) is 0. The zero-order valence-electron chi connectivity index (χ0n) is 15.5. The summed E-state index contributed by atoms with van der Waals surface area (Å²) in [5, 5.41) is 17.6. The highest BCUT2D eigenvalue weighted by Gasteiger charge is 2.31.